The SMILES string of the molecule is COc1cccc(CC(C)(CBr)C(C)C)c1. The summed E-state index contributed by atoms with van der Waals surface area (Å²) in [4.78, 5) is 0. The molecule has 0 bridgehead atoms. The van der Waals surface area contributed by atoms with Gasteiger partial charge in [-0.05, 0) is 35.4 Å². The van der Waals surface area contributed by atoms with E-state index in [4.69, 9.17) is 4.74 Å². The quantitative estimate of drug-likeness (QED) is 0.733. The van der Waals surface area contributed by atoms with Gasteiger partial charge < -0.3 is 4.74 Å². The third-order valence-electron chi connectivity index (χ3n) is 3.44. The van der Waals surface area contributed by atoms with Gasteiger partial charge in [0.15, 0.2) is 0 Å². The Hall–Kier alpha value is -0.500. The Bertz CT molecular complexity index is 335. The molecule has 0 amide bonds. The van der Waals surface area contributed by atoms with Crippen molar-refractivity contribution in [2.75, 3.05) is 12.4 Å². The van der Waals surface area contributed by atoms with E-state index in [-0.39, 0.29) is 0 Å². The molecule has 1 unspecified atom stereocenters. The van der Waals surface area contributed by atoms with Crippen LogP contribution in [0, 0.1) is 11.3 Å². The Morgan fingerprint density at radius 3 is 2.56 bits per heavy atom. The number of alkyl halides is 1. The van der Waals surface area contributed by atoms with Gasteiger partial charge in [0.05, 0.1) is 7.11 Å². The summed E-state index contributed by atoms with van der Waals surface area (Å²) in [6, 6.07) is 8.35. The zero-order valence-electron chi connectivity index (χ0n) is 10.6. The average molecular weight is 285 g/mol. The van der Waals surface area contributed by atoms with Crippen molar-refractivity contribution in [1.82, 2.24) is 0 Å². The first-order valence-electron chi connectivity index (χ1n) is 5.71. The molecular weight excluding hydrogens is 264 g/mol. The van der Waals surface area contributed by atoms with E-state index in [2.05, 4.69) is 54.9 Å². The fourth-order valence-electron chi connectivity index (χ4n) is 1.65. The van der Waals surface area contributed by atoms with Crippen LogP contribution in [-0.4, -0.2) is 12.4 Å². The van der Waals surface area contributed by atoms with Crippen LogP contribution in [0.1, 0.15) is 26.3 Å². The molecule has 1 rings (SSSR count). The Balaban J connectivity index is 2.85. The predicted octanol–water partition coefficient (Wildman–Crippen LogP) is 4.29. The second kappa shape index (κ2) is 5.72. The van der Waals surface area contributed by atoms with Crippen LogP contribution in [0.15, 0.2) is 24.3 Å². The molecule has 0 radical (unpaired) electrons. The molecule has 1 atom stereocenters. The van der Waals surface area contributed by atoms with Gasteiger partial charge >= 0.3 is 0 Å². The molecule has 1 nitrogen and oxygen atoms in total. The van der Waals surface area contributed by atoms with Crippen molar-refractivity contribution in [3.63, 3.8) is 0 Å². The van der Waals surface area contributed by atoms with Crippen molar-refractivity contribution in [2.24, 2.45) is 11.3 Å². The molecule has 1 aromatic rings. The molecule has 16 heavy (non-hydrogen) atoms. The van der Waals surface area contributed by atoms with Crippen LogP contribution in [0.5, 0.6) is 5.75 Å². The molecule has 0 aliphatic heterocycles. The van der Waals surface area contributed by atoms with E-state index in [0.29, 0.717) is 11.3 Å². The Morgan fingerprint density at radius 1 is 1.38 bits per heavy atom. The van der Waals surface area contributed by atoms with Crippen LogP contribution in [0.3, 0.4) is 0 Å². The highest BCUT2D eigenvalue weighted by Crippen LogP contribution is 2.33. The van der Waals surface area contributed by atoms with Crippen molar-refractivity contribution >= 4 is 15.9 Å². The molecule has 0 N–H and O–H groups in total. The lowest BCUT2D eigenvalue weighted by molar-refractivity contribution is 0.257. The summed E-state index contributed by atoms with van der Waals surface area (Å²) >= 11 is 3.63. The molecule has 90 valence electrons. The molecule has 0 heterocycles. The van der Waals surface area contributed by atoms with Crippen molar-refractivity contribution < 1.29 is 4.74 Å². The first-order chi connectivity index (χ1) is 7.51. The van der Waals surface area contributed by atoms with E-state index in [1.54, 1.807) is 7.11 Å². The highest BCUT2D eigenvalue weighted by atomic mass is 79.9. The van der Waals surface area contributed by atoms with Crippen LogP contribution in [-0.2, 0) is 6.42 Å². The molecule has 0 saturated carbocycles. The smallest absolute Gasteiger partial charge is 0.119 e. The molecule has 1 aromatic carbocycles. The van der Waals surface area contributed by atoms with E-state index in [9.17, 15) is 0 Å². The van der Waals surface area contributed by atoms with Crippen LogP contribution >= 0.6 is 15.9 Å². The molecule has 2 heteroatoms. The maximum atomic E-state index is 5.25. The number of hydrogen-bond donors (Lipinski definition) is 0. The first kappa shape index (κ1) is 13.6. The van der Waals surface area contributed by atoms with Gasteiger partial charge in [0.1, 0.15) is 5.75 Å². The Labute approximate surface area is 107 Å². The summed E-state index contributed by atoms with van der Waals surface area (Å²) in [5.74, 6) is 1.59. The summed E-state index contributed by atoms with van der Waals surface area (Å²) in [5, 5.41) is 1.02. The van der Waals surface area contributed by atoms with Crippen LogP contribution in [0.4, 0.5) is 0 Å². The summed E-state index contributed by atoms with van der Waals surface area (Å²) in [7, 11) is 1.71. The van der Waals surface area contributed by atoms with Crippen LogP contribution < -0.4 is 4.74 Å². The number of methoxy groups -OCH3 is 1. The Morgan fingerprint density at radius 2 is 2.06 bits per heavy atom. The number of rotatable bonds is 5. The van der Waals surface area contributed by atoms with E-state index in [0.717, 1.165) is 17.5 Å². The lowest BCUT2D eigenvalue weighted by atomic mass is 9.76. The minimum Gasteiger partial charge on any atom is -0.497 e. The van der Waals surface area contributed by atoms with Crippen LogP contribution in [0.2, 0.25) is 0 Å². The molecule has 0 aliphatic carbocycles. The minimum absolute atomic E-state index is 0.298. The standard InChI is InChI=1S/C14H21BrO/c1-11(2)14(3,10-15)9-12-6-5-7-13(8-12)16-4/h5-8,11H,9-10H2,1-4H3. The monoisotopic (exact) mass is 284 g/mol. The molecule has 0 aromatic heterocycles. The maximum Gasteiger partial charge on any atom is 0.119 e. The van der Waals surface area contributed by atoms with Crippen molar-refractivity contribution in [1.29, 1.82) is 0 Å². The zero-order chi connectivity index (χ0) is 12.2. The van der Waals surface area contributed by atoms with Gasteiger partial charge in [-0.3, -0.25) is 0 Å². The zero-order valence-corrected chi connectivity index (χ0v) is 12.2. The second-order valence-corrected chi connectivity index (χ2v) is 5.53. The number of hydrogen-bond acceptors (Lipinski definition) is 1. The largest absolute Gasteiger partial charge is 0.497 e. The number of halogens is 1. The molecule has 0 spiro atoms. The second-order valence-electron chi connectivity index (χ2n) is 4.97. The van der Waals surface area contributed by atoms with Gasteiger partial charge in [0, 0.05) is 5.33 Å². The average Bonchev–Trinajstić information content (AvgIpc) is 2.29. The normalized spacial score (nSPS) is 14.9. The number of ether oxygens (including phenoxy) is 1. The maximum absolute atomic E-state index is 5.25. The minimum atomic E-state index is 0.298. The summed E-state index contributed by atoms with van der Waals surface area (Å²) in [6.45, 7) is 6.88. The van der Waals surface area contributed by atoms with E-state index in [1.807, 2.05) is 6.07 Å². The van der Waals surface area contributed by atoms with Gasteiger partial charge in [-0.1, -0.05) is 48.8 Å². The highest BCUT2D eigenvalue weighted by molar-refractivity contribution is 9.09. The lowest BCUT2D eigenvalue weighted by Gasteiger charge is -2.32. The van der Waals surface area contributed by atoms with E-state index < -0.39 is 0 Å². The molecule has 0 aliphatic rings. The van der Waals surface area contributed by atoms with E-state index >= 15 is 0 Å². The summed E-state index contributed by atoms with van der Waals surface area (Å²) in [6.07, 6.45) is 1.08. The first-order valence-corrected chi connectivity index (χ1v) is 6.83. The van der Waals surface area contributed by atoms with Gasteiger partial charge in [-0.15, -0.1) is 0 Å². The molecular formula is C14H21BrO. The van der Waals surface area contributed by atoms with Gasteiger partial charge in [0.2, 0.25) is 0 Å². The van der Waals surface area contributed by atoms with Gasteiger partial charge in [-0.2, -0.15) is 0 Å². The lowest BCUT2D eigenvalue weighted by Crippen LogP contribution is -2.28. The van der Waals surface area contributed by atoms with E-state index in [1.165, 1.54) is 5.56 Å². The fourth-order valence-corrected chi connectivity index (χ4v) is 2.50. The fraction of sp³-hybridized carbons (Fsp3) is 0.571. The molecule has 0 fully saturated rings. The van der Waals surface area contributed by atoms with Gasteiger partial charge in [-0.25, -0.2) is 0 Å². The molecule has 0 saturated heterocycles. The van der Waals surface area contributed by atoms with Crippen molar-refractivity contribution in [3.05, 3.63) is 29.8 Å². The summed E-state index contributed by atoms with van der Waals surface area (Å²) < 4.78 is 5.25. The Kier molecular flexibility index (Phi) is 4.85. The predicted molar refractivity (Wildman–Crippen MR) is 73.4 cm³/mol. The third kappa shape index (κ3) is 3.24. The highest BCUT2D eigenvalue weighted by Gasteiger charge is 2.27. The van der Waals surface area contributed by atoms with Crippen LogP contribution in [0.25, 0.3) is 0 Å². The third-order valence-corrected chi connectivity index (χ3v) is 4.72. The topological polar surface area (TPSA) is 9.23 Å². The van der Waals surface area contributed by atoms with Crippen molar-refractivity contribution in [2.45, 2.75) is 27.2 Å². The van der Waals surface area contributed by atoms with Crippen molar-refractivity contribution in [3.8, 4) is 5.75 Å². The van der Waals surface area contributed by atoms with Gasteiger partial charge in [0.25, 0.3) is 0 Å². The number of benzene rings is 1. The summed E-state index contributed by atoms with van der Waals surface area (Å²) in [5.41, 5.74) is 1.64.